The molecule has 0 amide bonds. The van der Waals surface area contributed by atoms with E-state index in [2.05, 4.69) is 0 Å². The highest BCUT2D eigenvalue weighted by atomic mass is 19.4. The van der Waals surface area contributed by atoms with Gasteiger partial charge in [-0.05, 0) is 12.8 Å². The molecule has 0 saturated carbocycles. The Morgan fingerprint density at radius 2 is 0.864 bits per heavy atom. The third-order valence-corrected chi connectivity index (χ3v) is 3.88. The lowest BCUT2D eigenvalue weighted by Crippen LogP contribution is -2.35. The molecule has 0 unspecified atom stereocenters. The molecule has 0 fully saturated rings. The average Bonchev–Trinajstić information content (AvgIpc) is 2.48. The molecule has 0 aliphatic rings. The van der Waals surface area contributed by atoms with Crippen molar-refractivity contribution in [3.8, 4) is 0 Å². The van der Waals surface area contributed by atoms with Crippen molar-refractivity contribution in [1.29, 1.82) is 0 Å². The monoisotopic (exact) mass is 328 g/mol. The van der Waals surface area contributed by atoms with Crippen LogP contribution < -0.4 is 0 Å². The second-order valence-corrected chi connectivity index (χ2v) is 5.59. The maximum atomic E-state index is 11.9. The molecular formula is C16H31F3O3. The Bertz CT molecular complexity index is 245. The summed E-state index contributed by atoms with van der Waals surface area (Å²) in [4.78, 5) is 0. The van der Waals surface area contributed by atoms with Gasteiger partial charge in [0.1, 0.15) is 0 Å². The molecule has 0 heterocycles. The number of rotatable bonds is 14. The summed E-state index contributed by atoms with van der Waals surface area (Å²) >= 11 is 0. The van der Waals surface area contributed by atoms with Gasteiger partial charge in [-0.15, -0.1) is 0 Å². The first-order valence-corrected chi connectivity index (χ1v) is 8.11. The second-order valence-electron chi connectivity index (χ2n) is 5.59. The summed E-state index contributed by atoms with van der Waals surface area (Å²) in [5.74, 6) is -0.932. The van der Waals surface area contributed by atoms with Crippen LogP contribution in [0.4, 0.5) is 13.2 Å². The van der Waals surface area contributed by atoms with Crippen LogP contribution in [0.2, 0.25) is 0 Å². The minimum Gasteiger partial charge on any atom is -0.331 e. The van der Waals surface area contributed by atoms with Crippen molar-refractivity contribution in [2.75, 3.05) is 21.3 Å². The molecule has 0 rings (SSSR count). The van der Waals surface area contributed by atoms with Gasteiger partial charge < -0.3 is 14.2 Å². The molecule has 0 radical (unpaired) electrons. The zero-order valence-corrected chi connectivity index (χ0v) is 14.1. The molecule has 0 atom stereocenters. The van der Waals surface area contributed by atoms with Crippen molar-refractivity contribution in [2.24, 2.45) is 0 Å². The third-order valence-electron chi connectivity index (χ3n) is 3.88. The van der Waals surface area contributed by atoms with E-state index >= 15 is 0 Å². The van der Waals surface area contributed by atoms with Crippen LogP contribution in [0.1, 0.15) is 70.6 Å². The molecule has 0 aromatic heterocycles. The number of hydrogen-bond donors (Lipinski definition) is 0. The van der Waals surface area contributed by atoms with Crippen LogP contribution in [0, 0.1) is 0 Å². The molecule has 0 bridgehead atoms. The van der Waals surface area contributed by atoms with Gasteiger partial charge in [-0.3, -0.25) is 0 Å². The van der Waals surface area contributed by atoms with Crippen molar-refractivity contribution < 1.29 is 27.4 Å². The van der Waals surface area contributed by atoms with E-state index in [1.165, 1.54) is 0 Å². The predicted octanol–water partition coefficient (Wildman–Crippen LogP) is 5.43. The smallest absolute Gasteiger partial charge is 0.331 e. The Hall–Kier alpha value is -0.330. The van der Waals surface area contributed by atoms with Gasteiger partial charge in [0.05, 0.1) is 0 Å². The number of hydrogen-bond acceptors (Lipinski definition) is 3. The van der Waals surface area contributed by atoms with Crippen molar-refractivity contribution in [3.63, 3.8) is 0 Å². The summed E-state index contributed by atoms with van der Waals surface area (Å²) in [6, 6.07) is 0. The Morgan fingerprint density at radius 1 is 0.545 bits per heavy atom. The zero-order valence-electron chi connectivity index (χ0n) is 14.1. The number of halogens is 3. The summed E-state index contributed by atoms with van der Waals surface area (Å²) in [5, 5.41) is 0. The Labute approximate surface area is 132 Å². The van der Waals surface area contributed by atoms with E-state index in [0.717, 1.165) is 44.9 Å². The highest BCUT2D eigenvalue weighted by Gasteiger charge is 2.28. The van der Waals surface area contributed by atoms with Crippen LogP contribution in [-0.4, -0.2) is 33.5 Å². The highest BCUT2D eigenvalue weighted by Crippen LogP contribution is 2.24. The lowest BCUT2D eigenvalue weighted by Gasteiger charge is -2.28. The first-order chi connectivity index (χ1) is 10.4. The lowest BCUT2D eigenvalue weighted by atomic mass is 10.1. The third kappa shape index (κ3) is 11.3. The first-order valence-electron chi connectivity index (χ1n) is 8.11. The molecule has 0 aromatic carbocycles. The molecular weight excluding hydrogens is 297 g/mol. The van der Waals surface area contributed by atoms with E-state index in [1.807, 2.05) is 0 Å². The minimum absolute atomic E-state index is 0.261. The molecule has 0 aromatic rings. The van der Waals surface area contributed by atoms with Crippen LogP contribution in [0.3, 0.4) is 0 Å². The van der Waals surface area contributed by atoms with Crippen molar-refractivity contribution in [1.82, 2.24) is 0 Å². The fourth-order valence-corrected chi connectivity index (χ4v) is 2.46. The maximum Gasteiger partial charge on any atom is 0.389 e. The number of unbranched alkanes of at least 4 members (excludes halogenated alkanes) is 8. The van der Waals surface area contributed by atoms with Gasteiger partial charge in [0.25, 0.3) is 5.97 Å². The van der Waals surface area contributed by atoms with Crippen LogP contribution in [0.15, 0.2) is 0 Å². The van der Waals surface area contributed by atoms with Gasteiger partial charge in [0.15, 0.2) is 0 Å². The maximum absolute atomic E-state index is 11.9. The zero-order chi connectivity index (χ0) is 16.9. The molecule has 0 aliphatic heterocycles. The Balaban J connectivity index is 3.37. The fraction of sp³-hybridized carbons (Fsp3) is 1.00. The molecule has 6 heteroatoms. The van der Waals surface area contributed by atoms with Gasteiger partial charge >= 0.3 is 6.18 Å². The minimum atomic E-state index is -4.00. The Morgan fingerprint density at radius 3 is 1.18 bits per heavy atom. The molecule has 134 valence electrons. The van der Waals surface area contributed by atoms with E-state index in [0.29, 0.717) is 12.8 Å². The van der Waals surface area contributed by atoms with E-state index in [9.17, 15) is 13.2 Å². The Kier molecular flexibility index (Phi) is 12.0. The number of alkyl halides is 3. The summed E-state index contributed by atoms with van der Waals surface area (Å²) in [6.45, 7) is 0. The normalized spacial score (nSPS) is 12.8. The van der Waals surface area contributed by atoms with Crippen LogP contribution in [0.5, 0.6) is 0 Å². The molecule has 22 heavy (non-hydrogen) atoms. The summed E-state index contributed by atoms with van der Waals surface area (Å²) < 4.78 is 51.5. The standard InChI is InChI=1S/C16H31F3O3/c1-20-16(21-2,22-3)14-12-10-8-6-4-5-7-9-11-13-15(17,18)19/h4-14H2,1-3H3. The van der Waals surface area contributed by atoms with Crippen molar-refractivity contribution in [2.45, 2.75) is 82.8 Å². The molecule has 3 nitrogen and oxygen atoms in total. The molecule has 0 spiro atoms. The van der Waals surface area contributed by atoms with Gasteiger partial charge in [0.2, 0.25) is 0 Å². The summed E-state index contributed by atoms with van der Waals surface area (Å²) in [6.07, 6.45) is 4.28. The molecule has 0 aliphatic carbocycles. The lowest BCUT2D eigenvalue weighted by molar-refractivity contribution is -0.355. The van der Waals surface area contributed by atoms with E-state index < -0.39 is 18.6 Å². The first kappa shape index (κ1) is 21.7. The number of methoxy groups -OCH3 is 3. The van der Waals surface area contributed by atoms with Crippen LogP contribution in [-0.2, 0) is 14.2 Å². The van der Waals surface area contributed by atoms with Gasteiger partial charge in [-0.25, -0.2) is 0 Å². The molecule has 0 saturated heterocycles. The predicted molar refractivity (Wildman–Crippen MR) is 80.6 cm³/mol. The largest absolute Gasteiger partial charge is 0.389 e. The van der Waals surface area contributed by atoms with Gasteiger partial charge in [0, 0.05) is 34.2 Å². The quantitative estimate of drug-likeness (QED) is 0.314. The summed E-state index contributed by atoms with van der Waals surface area (Å²) in [7, 11) is 4.68. The van der Waals surface area contributed by atoms with Crippen LogP contribution in [0.25, 0.3) is 0 Å². The van der Waals surface area contributed by atoms with Gasteiger partial charge in [-0.2, -0.15) is 13.2 Å². The van der Waals surface area contributed by atoms with Crippen LogP contribution >= 0.6 is 0 Å². The topological polar surface area (TPSA) is 27.7 Å². The van der Waals surface area contributed by atoms with E-state index in [-0.39, 0.29) is 6.42 Å². The van der Waals surface area contributed by atoms with E-state index in [1.54, 1.807) is 21.3 Å². The van der Waals surface area contributed by atoms with Crippen molar-refractivity contribution >= 4 is 0 Å². The van der Waals surface area contributed by atoms with Crippen molar-refractivity contribution in [3.05, 3.63) is 0 Å². The second kappa shape index (κ2) is 12.1. The SMILES string of the molecule is COC(CCCCCCCCCCCC(F)(F)F)(OC)OC. The highest BCUT2D eigenvalue weighted by molar-refractivity contribution is 4.57. The molecule has 0 N–H and O–H groups in total. The van der Waals surface area contributed by atoms with Gasteiger partial charge in [-0.1, -0.05) is 44.9 Å². The fourth-order valence-electron chi connectivity index (χ4n) is 2.46. The van der Waals surface area contributed by atoms with E-state index in [4.69, 9.17) is 14.2 Å². The summed E-state index contributed by atoms with van der Waals surface area (Å²) in [5.41, 5.74) is 0. The number of ether oxygens (including phenoxy) is 3. The average molecular weight is 328 g/mol.